The van der Waals surface area contributed by atoms with Crippen LogP contribution in [0.3, 0.4) is 0 Å². The maximum Gasteiger partial charge on any atom is 0.256 e. The molecule has 0 aliphatic heterocycles. The number of carbonyl (C=O) groups is 1. The summed E-state index contributed by atoms with van der Waals surface area (Å²) in [6, 6.07) is 4.60. The first kappa shape index (κ1) is 12.7. The van der Waals surface area contributed by atoms with E-state index >= 15 is 0 Å². The van der Waals surface area contributed by atoms with Crippen molar-refractivity contribution < 1.29 is 4.79 Å². The molecule has 0 spiro atoms. The second kappa shape index (κ2) is 4.88. The number of nitrogens with zero attached hydrogens (tertiary/aromatic N) is 2. The summed E-state index contributed by atoms with van der Waals surface area (Å²) >= 11 is 11.7. The zero-order valence-electron chi connectivity index (χ0n) is 9.45. The van der Waals surface area contributed by atoms with Gasteiger partial charge in [-0.25, -0.2) is 0 Å². The van der Waals surface area contributed by atoms with Gasteiger partial charge in [0.1, 0.15) is 0 Å². The van der Waals surface area contributed by atoms with E-state index in [2.05, 4.69) is 10.4 Å². The van der Waals surface area contributed by atoms with Gasteiger partial charge in [0.15, 0.2) is 5.82 Å². The van der Waals surface area contributed by atoms with Crippen LogP contribution in [0.5, 0.6) is 0 Å². The van der Waals surface area contributed by atoms with E-state index in [-0.39, 0.29) is 5.91 Å². The summed E-state index contributed by atoms with van der Waals surface area (Å²) in [6.45, 7) is 0. The molecule has 1 amide bonds. The molecule has 1 heterocycles. The summed E-state index contributed by atoms with van der Waals surface area (Å²) in [5, 5.41) is 7.36. The molecule has 2 aromatic rings. The van der Waals surface area contributed by atoms with Crippen LogP contribution in [-0.4, -0.2) is 15.7 Å². The number of anilines is 2. The first-order chi connectivity index (χ1) is 8.47. The Morgan fingerprint density at radius 2 is 1.94 bits per heavy atom. The quantitative estimate of drug-likeness (QED) is 0.890. The van der Waals surface area contributed by atoms with Crippen LogP contribution in [0, 0.1) is 0 Å². The molecule has 0 saturated carbocycles. The van der Waals surface area contributed by atoms with Crippen molar-refractivity contribution in [3.8, 4) is 0 Å². The summed E-state index contributed by atoms with van der Waals surface area (Å²) in [5.74, 6) is 0.0748. The maximum atomic E-state index is 12.0. The Morgan fingerprint density at radius 1 is 1.33 bits per heavy atom. The third-order valence-electron chi connectivity index (χ3n) is 2.32. The van der Waals surface area contributed by atoms with E-state index in [1.165, 1.54) is 23.0 Å². The average molecular weight is 285 g/mol. The van der Waals surface area contributed by atoms with Crippen LogP contribution >= 0.6 is 23.2 Å². The zero-order valence-corrected chi connectivity index (χ0v) is 11.0. The van der Waals surface area contributed by atoms with E-state index in [1.807, 2.05) is 0 Å². The molecule has 1 aromatic heterocycles. The summed E-state index contributed by atoms with van der Waals surface area (Å²) in [4.78, 5) is 12.0. The van der Waals surface area contributed by atoms with Gasteiger partial charge in [-0.1, -0.05) is 23.2 Å². The van der Waals surface area contributed by atoms with E-state index in [0.717, 1.165) is 0 Å². The van der Waals surface area contributed by atoms with E-state index in [0.29, 0.717) is 27.1 Å². The number of nitrogen functional groups attached to an aromatic ring is 1. The second-order valence-corrected chi connectivity index (χ2v) is 4.56. The van der Waals surface area contributed by atoms with E-state index in [1.54, 1.807) is 13.1 Å². The number of aryl methyl sites for hydroxylation is 1. The van der Waals surface area contributed by atoms with Crippen molar-refractivity contribution in [1.82, 2.24) is 9.78 Å². The second-order valence-electron chi connectivity index (χ2n) is 3.68. The predicted molar refractivity (Wildman–Crippen MR) is 72.0 cm³/mol. The molecule has 0 unspecified atom stereocenters. The van der Waals surface area contributed by atoms with Crippen molar-refractivity contribution in [3.63, 3.8) is 0 Å². The van der Waals surface area contributed by atoms with Crippen LogP contribution in [0.4, 0.5) is 11.5 Å². The van der Waals surface area contributed by atoms with Gasteiger partial charge in [0.25, 0.3) is 5.91 Å². The molecule has 0 bridgehead atoms. The molecule has 0 radical (unpaired) electrons. The standard InChI is InChI=1S/C11H10Cl2N4O/c1-17-10(9(14)5-15-17)16-11(18)6-2-7(12)4-8(13)3-6/h2-5H,14H2,1H3,(H,16,18). The highest BCUT2D eigenvalue weighted by Gasteiger charge is 2.12. The lowest BCUT2D eigenvalue weighted by Crippen LogP contribution is -2.15. The van der Waals surface area contributed by atoms with Gasteiger partial charge in [-0.3, -0.25) is 9.48 Å². The number of carbonyl (C=O) groups excluding carboxylic acids is 1. The summed E-state index contributed by atoms with van der Waals surface area (Å²) in [6.07, 6.45) is 1.46. The molecule has 0 aliphatic carbocycles. The Balaban J connectivity index is 2.27. The van der Waals surface area contributed by atoms with Gasteiger partial charge in [0.05, 0.1) is 11.9 Å². The molecular weight excluding hydrogens is 275 g/mol. The lowest BCUT2D eigenvalue weighted by molar-refractivity contribution is 0.102. The molecular formula is C11H10Cl2N4O. The van der Waals surface area contributed by atoms with Gasteiger partial charge in [-0.15, -0.1) is 0 Å². The topological polar surface area (TPSA) is 72.9 Å². The minimum Gasteiger partial charge on any atom is -0.394 e. The highest BCUT2D eigenvalue weighted by Crippen LogP contribution is 2.21. The predicted octanol–water partition coefficient (Wildman–Crippen LogP) is 2.56. The molecule has 0 atom stereocenters. The lowest BCUT2D eigenvalue weighted by Gasteiger charge is -2.07. The van der Waals surface area contributed by atoms with Crippen molar-refractivity contribution in [2.75, 3.05) is 11.1 Å². The fourth-order valence-corrected chi connectivity index (χ4v) is 2.00. The minimum absolute atomic E-state index is 0.352. The van der Waals surface area contributed by atoms with E-state index in [4.69, 9.17) is 28.9 Å². The molecule has 2 rings (SSSR count). The molecule has 0 fully saturated rings. The largest absolute Gasteiger partial charge is 0.394 e. The number of hydrogen-bond acceptors (Lipinski definition) is 3. The Kier molecular flexibility index (Phi) is 3.45. The number of hydrogen-bond donors (Lipinski definition) is 2. The van der Waals surface area contributed by atoms with Crippen molar-refractivity contribution in [2.24, 2.45) is 7.05 Å². The maximum absolute atomic E-state index is 12.0. The monoisotopic (exact) mass is 284 g/mol. The molecule has 1 aromatic carbocycles. The molecule has 0 saturated heterocycles. The van der Waals surface area contributed by atoms with Gasteiger partial charge < -0.3 is 11.1 Å². The van der Waals surface area contributed by atoms with Crippen LogP contribution < -0.4 is 11.1 Å². The van der Waals surface area contributed by atoms with Crippen molar-refractivity contribution in [1.29, 1.82) is 0 Å². The lowest BCUT2D eigenvalue weighted by atomic mass is 10.2. The first-order valence-corrected chi connectivity index (χ1v) is 5.78. The van der Waals surface area contributed by atoms with Crippen LogP contribution in [-0.2, 0) is 7.05 Å². The summed E-state index contributed by atoms with van der Waals surface area (Å²) in [5.41, 5.74) is 6.42. The fourth-order valence-electron chi connectivity index (χ4n) is 1.47. The molecule has 18 heavy (non-hydrogen) atoms. The van der Waals surface area contributed by atoms with Gasteiger partial charge >= 0.3 is 0 Å². The number of nitrogens with two attached hydrogens (primary N) is 1. The Hall–Kier alpha value is -1.72. The van der Waals surface area contributed by atoms with Crippen LogP contribution in [0.1, 0.15) is 10.4 Å². The number of aromatic nitrogens is 2. The molecule has 3 N–H and O–H groups in total. The number of rotatable bonds is 2. The van der Waals surface area contributed by atoms with Crippen LogP contribution in [0.25, 0.3) is 0 Å². The molecule has 7 heteroatoms. The fraction of sp³-hybridized carbons (Fsp3) is 0.0909. The van der Waals surface area contributed by atoms with Gasteiger partial charge in [-0.05, 0) is 18.2 Å². The summed E-state index contributed by atoms with van der Waals surface area (Å²) < 4.78 is 1.47. The first-order valence-electron chi connectivity index (χ1n) is 5.02. The number of halogens is 2. The smallest absolute Gasteiger partial charge is 0.256 e. The van der Waals surface area contributed by atoms with Gasteiger partial charge in [0.2, 0.25) is 0 Å². The van der Waals surface area contributed by atoms with E-state index < -0.39 is 0 Å². The molecule has 0 aliphatic rings. The van der Waals surface area contributed by atoms with Gasteiger partial charge in [0, 0.05) is 22.7 Å². The highest BCUT2D eigenvalue weighted by molar-refractivity contribution is 6.35. The Bertz CT molecular complexity index is 569. The Morgan fingerprint density at radius 3 is 2.44 bits per heavy atom. The van der Waals surface area contributed by atoms with Crippen LogP contribution in [0.2, 0.25) is 10.0 Å². The molecule has 94 valence electrons. The average Bonchev–Trinajstić information content (AvgIpc) is 2.59. The Labute approximate surface area is 113 Å². The van der Waals surface area contributed by atoms with Crippen molar-refractivity contribution in [3.05, 3.63) is 40.0 Å². The van der Waals surface area contributed by atoms with E-state index in [9.17, 15) is 4.79 Å². The normalized spacial score (nSPS) is 10.4. The number of benzene rings is 1. The molecule has 5 nitrogen and oxygen atoms in total. The van der Waals surface area contributed by atoms with Crippen molar-refractivity contribution >= 4 is 40.6 Å². The van der Waals surface area contributed by atoms with Crippen LogP contribution in [0.15, 0.2) is 24.4 Å². The number of nitrogens with one attached hydrogen (secondary N) is 1. The minimum atomic E-state index is -0.352. The highest BCUT2D eigenvalue weighted by atomic mass is 35.5. The number of amides is 1. The zero-order chi connectivity index (χ0) is 13.3. The third kappa shape index (κ3) is 2.57. The SMILES string of the molecule is Cn1ncc(N)c1NC(=O)c1cc(Cl)cc(Cl)c1. The van der Waals surface area contributed by atoms with Gasteiger partial charge in [-0.2, -0.15) is 5.10 Å². The summed E-state index contributed by atoms with van der Waals surface area (Å²) in [7, 11) is 1.68. The third-order valence-corrected chi connectivity index (χ3v) is 2.76. The van der Waals surface area contributed by atoms with Crippen molar-refractivity contribution in [2.45, 2.75) is 0 Å².